The summed E-state index contributed by atoms with van der Waals surface area (Å²) in [6, 6.07) is 12.1. The van der Waals surface area contributed by atoms with Crippen LogP contribution in [0.1, 0.15) is 25.7 Å². The lowest BCUT2D eigenvalue weighted by molar-refractivity contribution is -0.124. The number of sulfonamides is 1. The summed E-state index contributed by atoms with van der Waals surface area (Å²) in [6.45, 7) is 1.54. The highest BCUT2D eigenvalue weighted by Crippen LogP contribution is 2.28. The Balaban J connectivity index is 1.52. The first-order valence-corrected chi connectivity index (χ1v) is 10.9. The molecule has 1 N–H and O–H groups in total. The van der Waals surface area contributed by atoms with Crippen molar-refractivity contribution in [1.29, 1.82) is 0 Å². The van der Waals surface area contributed by atoms with E-state index in [2.05, 4.69) is 5.32 Å². The van der Waals surface area contributed by atoms with Crippen molar-refractivity contribution in [2.45, 2.75) is 42.7 Å². The summed E-state index contributed by atoms with van der Waals surface area (Å²) in [4.78, 5) is 12.9. The molecular formula is C20H24N2O4S. The zero-order chi connectivity index (χ0) is 18.9. The lowest BCUT2D eigenvalue weighted by Gasteiger charge is -2.24. The van der Waals surface area contributed by atoms with Gasteiger partial charge in [0.2, 0.25) is 15.9 Å². The van der Waals surface area contributed by atoms with E-state index in [1.807, 2.05) is 30.3 Å². The molecule has 0 bridgehead atoms. The molecule has 0 saturated carbocycles. The topological polar surface area (TPSA) is 75.7 Å². The number of hydrogen-bond donors (Lipinski definition) is 1. The Morgan fingerprint density at radius 3 is 2.70 bits per heavy atom. The third-order valence-electron chi connectivity index (χ3n) is 5.36. The average Bonchev–Trinajstić information content (AvgIpc) is 3.37. The molecule has 1 amide bonds. The Hall–Kier alpha value is -1.96. The molecule has 0 unspecified atom stereocenters. The van der Waals surface area contributed by atoms with E-state index in [1.165, 1.54) is 4.31 Å². The van der Waals surface area contributed by atoms with Crippen LogP contribution < -0.4 is 5.32 Å². The van der Waals surface area contributed by atoms with Gasteiger partial charge < -0.3 is 10.1 Å². The van der Waals surface area contributed by atoms with E-state index in [0.717, 1.165) is 30.2 Å². The summed E-state index contributed by atoms with van der Waals surface area (Å²) in [5.74, 6) is -0.229. The van der Waals surface area contributed by atoms with Gasteiger partial charge in [0.1, 0.15) is 6.04 Å². The van der Waals surface area contributed by atoms with E-state index < -0.39 is 16.1 Å². The van der Waals surface area contributed by atoms with Gasteiger partial charge in [0.15, 0.2) is 0 Å². The van der Waals surface area contributed by atoms with Crippen molar-refractivity contribution in [1.82, 2.24) is 9.62 Å². The van der Waals surface area contributed by atoms with Crippen LogP contribution in [0.15, 0.2) is 47.4 Å². The van der Waals surface area contributed by atoms with Crippen LogP contribution in [-0.4, -0.2) is 50.5 Å². The highest BCUT2D eigenvalue weighted by molar-refractivity contribution is 7.89. The number of nitrogens with one attached hydrogen (secondary N) is 1. The fourth-order valence-corrected chi connectivity index (χ4v) is 5.58. The molecule has 27 heavy (non-hydrogen) atoms. The summed E-state index contributed by atoms with van der Waals surface area (Å²) in [5.41, 5.74) is 0. The van der Waals surface area contributed by atoms with Gasteiger partial charge in [0, 0.05) is 19.7 Å². The summed E-state index contributed by atoms with van der Waals surface area (Å²) >= 11 is 0. The van der Waals surface area contributed by atoms with Crippen LogP contribution in [0.25, 0.3) is 10.8 Å². The van der Waals surface area contributed by atoms with Crippen molar-refractivity contribution in [2.75, 3.05) is 19.7 Å². The summed E-state index contributed by atoms with van der Waals surface area (Å²) in [6.07, 6.45) is 3.21. The number of fused-ring (bicyclic) bond motifs is 1. The molecule has 2 fully saturated rings. The van der Waals surface area contributed by atoms with E-state index >= 15 is 0 Å². The summed E-state index contributed by atoms with van der Waals surface area (Å²) in [5, 5.41) is 4.74. The molecular weight excluding hydrogens is 364 g/mol. The van der Waals surface area contributed by atoms with Crippen LogP contribution in [0.2, 0.25) is 0 Å². The molecule has 7 heteroatoms. The van der Waals surface area contributed by atoms with Crippen LogP contribution in [0, 0.1) is 0 Å². The standard InChI is InChI=1S/C20H24N2O4S/c23-20(21-14-17-7-4-12-26-17)19-8-3-11-22(19)27(24,25)18-10-9-15-5-1-2-6-16(15)13-18/h1-2,5-6,9-10,13,17,19H,3-4,7-8,11-12,14H2,(H,21,23)/t17-,19-/m1/s1. The van der Waals surface area contributed by atoms with Crippen molar-refractivity contribution < 1.29 is 17.9 Å². The maximum Gasteiger partial charge on any atom is 0.243 e. The normalized spacial score (nSPS) is 23.7. The predicted octanol–water partition coefficient (Wildman–Crippen LogP) is 2.29. The lowest BCUT2D eigenvalue weighted by Crippen LogP contribution is -2.47. The third-order valence-corrected chi connectivity index (χ3v) is 7.27. The molecule has 0 radical (unpaired) electrons. The molecule has 0 aromatic heterocycles. The highest BCUT2D eigenvalue weighted by Gasteiger charge is 2.39. The Kier molecular flexibility index (Phi) is 5.16. The van der Waals surface area contributed by atoms with Crippen LogP contribution >= 0.6 is 0 Å². The average molecular weight is 388 g/mol. The number of hydrogen-bond acceptors (Lipinski definition) is 4. The Bertz CT molecular complexity index is 938. The van der Waals surface area contributed by atoms with Gasteiger partial charge in [0.25, 0.3) is 0 Å². The van der Waals surface area contributed by atoms with Gasteiger partial charge in [-0.15, -0.1) is 0 Å². The smallest absolute Gasteiger partial charge is 0.243 e. The molecule has 2 atom stereocenters. The monoisotopic (exact) mass is 388 g/mol. The quantitative estimate of drug-likeness (QED) is 0.853. The Morgan fingerprint density at radius 1 is 1.11 bits per heavy atom. The van der Waals surface area contributed by atoms with Gasteiger partial charge in [0.05, 0.1) is 11.0 Å². The van der Waals surface area contributed by atoms with E-state index in [4.69, 9.17) is 4.74 Å². The van der Waals surface area contributed by atoms with Crippen LogP contribution in [0.4, 0.5) is 0 Å². The van der Waals surface area contributed by atoms with Gasteiger partial charge in [-0.2, -0.15) is 4.31 Å². The number of benzene rings is 2. The zero-order valence-electron chi connectivity index (χ0n) is 15.1. The van der Waals surface area contributed by atoms with E-state index in [9.17, 15) is 13.2 Å². The van der Waals surface area contributed by atoms with Crippen molar-refractivity contribution in [3.8, 4) is 0 Å². The zero-order valence-corrected chi connectivity index (χ0v) is 16.0. The SMILES string of the molecule is O=C(NC[C@H]1CCCO1)[C@H]1CCCN1S(=O)(=O)c1ccc2ccccc2c1. The van der Waals surface area contributed by atoms with Crippen LogP contribution in [0.3, 0.4) is 0 Å². The number of rotatable bonds is 5. The number of ether oxygens (including phenoxy) is 1. The molecule has 2 aliphatic rings. The minimum atomic E-state index is -3.72. The second kappa shape index (κ2) is 7.58. The van der Waals surface area contributed by atoms with Crippen molar-refractivity contribution in [2.24, 2.45) is 0 Å². The molecule has 2 saturated heterocycles. The second-order valence-corrected chi connectivity index (χ2v) is 9.05. The number of carbonyl (C=O) groups is 1. The predicted molar refractivity (Wildman–Crippen MR) is 103 cm³/mol. The van der Waals surface area contributed by atoms with Gasteiger partial charge in [-0.05, 0) is 48.6 Å². The summed E-state index contributed by atoms with van der Waals surface area (Å²) in [7, 11) is -3.72. The van der Waals surface area contributed by atoms with E-state index in [0.29, 0.717) is 25.9 Å². The largest absolute Gasteiger partial charge is 0.376 e. The first-order chi connectivity index (χ1) is 13.1. The fraction of sp³-hybridized carbons (Fsp3) is 0.450. The lowest BCUT2D eigenvalue weighted by atomic mass is 10.1. The molecule has 2 aliphatic heterocycles. The highest BCUT2D eigenvalue weighted by atomic mass is 32.2. The Morgan fingerprint density at radius 2 is 1.93 bits per heavy atom. The molecule has 144 valence electrons. The van der Waals surface area contributed by atoms with Crippen molar-refractivity contribution >= 4 is 26.7 Å². The molecule has 2 heterocycles. The Labute approximate surface area is 159 Å². The maximum absolute atomic E-state index is 13.2. The number of nitrogens with zero attached hydrogens (tertiary/aromatic N) is 1. The van der Waals surface area contributed by atoms with Crippen LogP contribution in [-0.2, 0) is 19.6 Å². The first kappa shape index (κ1) is 18.4. The molecule has 2 aromatic carbocycles. The molecule has 4 rings (SSSR count). The minimum Gasteiger partial charge on any atom is -0.376 e. The van der Waals surface area contributed by atoms with Gasteiger partial charge >= 0.3 is 0 Å². The molecule has 0 aliphatic carbocycles. The second-order valence-electron chi connectivity index (χ2n) is 7.16. The number of amides is 1. The first-order valence-electron chi connectivity index (χ1n) is 9.46. The van der Waals surface area contributed by atoms with Gasteiger partial charge in [-0.1, -0.05) is 30.3 Å². The molecule has 2 aromatic rings. The molecule has 6 nitrogen and oxygen atoms in total. The maximum atomic E-state index is 13.2. The van der Waals surface area contributed by atoms with Crippen molar-refractivity contribution in [3.63, 3.8) is 0 Å². The van der Waals surface area contributed by atoms with Gasteiger partial charge in [-0.25, -0.2) is 8.42 Å². The summed E-state index contributed by atoms with van der Waals surface area (Å²) < 4.78 is 33.2. The third kappa shape index (κ3) is 3.72. The van der Waals surface area contributed by atoms with Crippen molar-refractivity contribution in [3.05, 3.63) is 42.5 Å². The van der Waals surface area contributed by atoms with E-state index in [-0.39, 0.29) is 16.9 Å². The molecule has 0 spiro atoms. The van der Waals surface area contributed by atoms with Crippen LogP contribution in [0.5, 0.6) is 0 Å². The minimum absolute atomic E-state index is 0.0425. The van der Waals surface area contributed by atoms with Gasteiger partial charge in [-0.3, -0.25) is 4.79 Å². The van der Waals surface area contributed by atoms with E-state index in [1.54, 1.807) is 12.1 Å². The number of carbonyl (C=O) groups excluding carboxylic acids is 1. The fourth-order valence-electron chi connectivity index (χ4n) is 3.89.